The highest BCUT2D eigenvalue weighted by molar-refractivity contribution is 6.30. The third kappa shape index (κ3) is 3.49. The molecular formula is C18H15ClO3. The predicted molar refractivity (Wildman–Crippen MR) is 87.8 cm³/mol. The summed E-state index contributed by atoms with van der Waals surface area (Å²) in [4.78, 5) is 11.8. The minimum Gasteiger partial charge on any atom is -0.487 e. The van der Waals surface area contributed by atoms with Gasteiger partial charge in [0.05, 0.1) is 6.61 Å². The molecule has 3 aromatic rings. The molecule has 22 heavy (non-hydrogen) atoms. The van der Waals surface area contributed by atoms with Gasteiger partial charge >= 0.3 is 5.63 Å². The zero-order valence-electron chi connectivity index (χ0n) is 11.9. The lowest BCUT2D eigenvalue weighted by Gasteiger charge is -2.06. The number of fused-ring (bicyclic) bond motifs is 1. The van der Waals surface area contributed by atoms with E-state index in [1.807, 2.05) is 42.5 Å². The Balaban J connectivity index is 1.60. The van der Waals surface area contributed by atoms with Crippen LogP contribution in [0, 0.1) is 0 Å². The minimum atomic E-state index is -0.440. The van der Waals surface area contributed by atoms with Crippen molar-refractivity contribution in [3.63, 3.8) is 0 Å². The number of benzene rings is 2. The molecular weight excluding hydrogens is 300 g/mol. The fourth-order valence-corrected chi connectivity index (χ4v) is 2.38. The molecule has 4 heteroatoms. The highest BCUT2D eigenvalue weighted by atomic mass is 35.5. The van der Waals surface area contributed by atoms with Crippen molar-refractivity contribution in [2.45, 2.75) is 12.8 Å². The van der Waals surface area contributed by atoms with Crippen LogP contribution in [0.15, 0.2) is 63.8 Å². The van der Waals surface area contributed by atoms with Crippen molar-refractivity contribution in [2.75, 3.05) is 6.61 Å². The summed E-state index contributed by atoms with van der Waals surface area (Å²) in [6.07, 6.45) is 1.68. The molecule has 0 radical (unpaired) electrons. The topological polar surface area (TPSA) is 39.4 Å². The molecule has 3 rings (SSSR count). The Morgan fingerprint density at radius 1 is 1.05 bits per heavy atom. The average molecular weight is 315 g/mol. The van der Waals surface area contributed by atoms with E-state index in [9.17, 15) is 4.79 Å². The Kier molecular flexibility index (Phi) is 4.45. The zero-order chi connectivity index (χ0) is 15.4. The van der Waals surface area contributed by atoms with E-state index in [2.05, 4.69) is 0 Å². The first-order valence-corrected chi connectivity index (χ1v) is 7.50. The highest BCUT2D eigenvalue weighted by Crippen LogP contribution is 2.17. The van der Waals surface area contributed by atoms with Gasteiger partial charge < -0.3 is 9.15 Å². The number of halogens is 1. The Hall–Kier alpha value is -2.26. The van der Waals surface area contributed by atoms with Crippen LogP contribution >= 0.6 is 11.6 Å². The third-order valence-electron chi connectivity index (χ3n) is 3.39. The molecule has 1 heterocycles. The van der Waals surface area contributed by atoms with E-state index >= 15 is 0 Å². The normalized spacial score (nSPS) is 10.8. The molecule has 0 atom stereocenters. The van der Waals surface area contributed by atoms with Crippen molar-refractivity contribution >= 4 is 22.6 Å². The number of para-hydroxylation sites is 1. The molecule has 0 aliphatic heterocycles. The quantitative estimate of drug-likeness (QED) is 0.515. The largest absolute Gasteiger partial charge is 0.487 e. The van der Waals surface area contributed by atoms with Gasteiger partial charge in [-0.15, -0.1) is 0 Å². The van der Waals surface area contributed by atoms with Crippen LogP contribution in [-0.2, 0) is 6.42 Å². The van der Waals surface area contributed by atoms with Crippen LogP contribution in [0.4, 0.5) is 0 Å². The molecule has 3 nitrogen and oxygen atoms in total. The summed E-state index contributed by atoms with van der Waals surface area (Å²) in [7, 11) is 0. The van der Waals surface area contributed by atoms with Gasteiger partial charge in [0.25, 0.3) is 0 Å². The molecule has 0 N–H and O–H groups in total. The van der Waals surface area contributed by atoms with E-state index in [-0.39, 0.29) is 5.75 Å². The zero-order valence-corrected chi connectivity index (χ0v) is 12.7. The van der Waals surface area contributed by atoms with Gasteiger partial charge in [0.2, 0.25) is 5.75 Å². The summed E-state index contributed by atoms with van der Waals surface area (Å²) in [6.45, 7) is 0.464. The first kappa shape index (κ1) is 14.7. The van der Waals surface area contributed by atoms with Crippen molar-refractivity contribution in [1.29, 1.82) is 0 Å². The summed E-state index contributed by atoms with van der Waals surface area (Å²) >= 11 is 5.85. The molecule has 0 amide bonds. The molecule has 2 aromatic carbocycles. The molecule has 0 fully saturated rings. The van der Waals surface area contributed by atoms with Crippen molar-refractivity contribution in [3.05, 3.63) is 75.6 Å². The molecule has 0 bridgehead atoms. The Labute approximate surface area is 133 Å². The van der Waals surface area contributed by atoms with Crippen molar-refractivity contribution in [2.24, 2.45) is 0 Å². The molecule has 0 aliphatic rings. The van der Waals surface area contributed by atoms with Gasteiger partial charge in [-0.25, -0.2) is 4.79 Å². The number of hydrogen-bond acceptors (Lipinski definition) is 3. The van der Waals surface area contributed by atoms with E-state index in [4.69, 9.17) is 20.8 Å². The van der Waals surface area contributed by atoms with Gasteiger partial charge in [-0.1, -0.05) is 41.9 Å². The first-order chi connectivity index (χ1) is 10.7. The van der Waals surface area contributed by atoms with Crippen LogP contribution in [-0.4, -0.2) is 6.61 Å². The highest BCUT2D eigenvalue weighted by Gasteiger charge is 2.05. The van der Waals surface area contributed by atoms with Crippen LogP contribution in [0.2, 0.25) is 5.02 Å². The summed E-state index contributed by atoms with van der Waals surface area (Å²) in [5, 5.41) is 1.59. The van der Waals surface area contributed by atoms with Gasteiger partial charge in [-0.3, -0.25) is 0 Å². The lowest BCUT2D eigenvalue weighted by molar-refractivity contribution is 0.296. The second kappa shape index (κ2) is 6.67. The third-order valence-corrected chi connectivity index (χ3v) is 3.64. The lowest BCUT2D eigenvalue weighted by Crippen LogP contribution is -2.08. The number of rotatable bonds is 5. The fourth-order valence-electron chi connectivity index (χ4n) is 2.25. The first-order valence-electron chi connectivity index (χ1n) is 7.12. The van der Waals surface area contributed by atoms with E-state index in [1.54, 1.807) is 12.1 Å². The molecule has 0 saturated heterocycles. The maximum Gasteiger partial charge on any atom is 0.379 e. The molecule has 1 aromatic heterocycles. The number of aryl methyl sites for hydroxylation is 1. The van der Waals surface area contributed by atoms with Crippen molar-refractivity contribution in [1.82, 2.24) is 0 Å². The van der Waals surface area contributed by atoms with Gasteiger partial charge in [0.1, 0.15) is 5.58 Å². The second-order valence-electron chi connectivity index (χ2n) is 5.01. The van der Waals surface area contributed by atoms with Crippen LogP contribution in [0.3, 0.4) is 0 Å². The van der Waals surface area contributed by atoms with Gasteiger partial charge in [-0.2, -0.15) is 0 Å². The molecule has 0 spiro atoms. The number of ether oxygens (including phenoxy) is 1. The van der Waals surface area contributed by atoms with Crippen LogP contribution in [0.25, 0.3) is 11.0 Å². The van der Waals surface area contributed by atoms with Crippen LogP contribution in [0.5, 0.6) is 5.75 Å². The van der Waals surface area contributed by atoms with Crippen LogP contribution in [0.1, 0.15) is 12.0 Å². The van der Waals surface area contributed by atoms with Gasteiger partial charge in [0, 0.05) is 10.4 Å². The lowest BCUT2D eigenvalue weighted by atomic mass is 10.1. The Bertz CT molecular complexity index is 822. The number of hydrogen-bond donors (Lipinski definition) is 0. The monoisotopic (exact) mass is 314 g/mol. The van der Waals surface area contributed by atoms with E-state index < -0.39 is 5.63 Å². The van der Waals surface area contributed by atoms with E-state index in [0.29, 0.717) is 12.2 Å². The minimum absolute atomic E-state index is 0.259. The SMILES string of the molecule is O=c1oc2ccccc2cc1OCCCc1ccc(Cl)cc1. The average Bonchev–Trinajstić information content (AvgIpc) is 2.53. The molecule has 0 aliphatic carbocycles. The van der Waals surface area contributed by atoms with Gasteiger partial charge in [0.15, 0.2) is 0 Å². The maximum atomic E-state index is 11.8. The summed E-state index contributed by atoms with van der Waals surface area (Å²) < 4.78 is 10.8. The second-order valence-corrected chi connectivity index (χ2v) is 5.45. The maximum absolute atomic E-state index is 11.8. The molecule has 0 saturated carbocycles. The Morgan fingerprint density at radius 3 is 2.64 bits per heavy atom. The summed E-state index contributed by atoms with van der Waals surface area (Å²) in [6, 6.07) is 16.8. The molecule has 112 valence electrons. The molecule has 0 unspecified atom stereocenters. The summed E-state index contributed by atoms with van der Waals surface area (Å²) in [5.41, 5.74) is 1.32. The Morgan fingerprint density at radius 2 is 1.82 bits per heavy atom. The van der Waals surface area contributed by atoms with E-state index in [0.717, 1.165) is 23.3 Å². The van der Waals surface area contributed by atoms with E-state index in [1.165, 1.54) is 5.56 Å². The van der Waals surface area contributed by atoms with Crippen LogP contribution < -0.4 is 10.4 Å². The van der Waals surface area contributed by atoms with Crippen molar-refractivity contribution in [3.8, 4) is 5.75 Å². The smallest absolute Gasteiger partial charge is 0.379 e. The van der Waals surface area contributed by atoms with Crippen molar-refractivity contribution < 1.29 is 9.15 Å². The summed E-state index contributed by atoms with van der Waals surface area (Å²) in [5.74, 6) is 0.259. The van der Waals surface area contributed by atoms with Gasteiger partial charge in [-0.05, 0) is 42.7 Å². The standard InChI is InChI=1S/C18H15ClO3/c19-15-9-7-13(8-10-15)4-3-11-21-17-12-14-5-1-2-6-16(14)22-18(17)20/h1-2,5-10,12H,3-4,11H2. The fraction of sp³-hybridized carbons (Fsp3) is 0.167. The predicted octanol–water partition coefficient (Wildman–Crippen LogP) is 4.46.